The molecule has 0 spiro atoms. The fourth-order valence-corrected chi connectivity index (χ4v) is 3.27. The summed E-state index contributed by atoms with van der Waals surface area (Å²) in [5, 5.41) is 8.72. The third-order valence-electron chi connectivity index (χ3n) is 3.59. The van der Waals surface area contributed by atoms with Crippen LogP contribution in [-0.4, -0.2) is 55.2 Å². The van der Waals surface area contributed by atoms with Crippen molar-refractivity contribution in [2.24, 2.45) is 0 Å². The fourth-order valence-electron chi connectivity index (χ4n) is 2.31. The zero-order valence-corrected chi connectivity index (χ0v) is 11.7. The molecule has 1 unspecified atom stereocenters. The largest absolute Gasteiger partial charge is 0.396 e. The molecule has 4 nitrogen and oxygen atoms in total. The highest BCUT2D eigenvalue weighted by atomic mass is 32.2. The molecule has 1 saturated heterocycles. The van der Waals surface area contributed by atoms with Gasteiger partial charge in [-0.15, -0.1) is 0 Å². The first-order chi connectivity index (χ1) is 7.97. The minimum atomic E-state index is -2.94. The Hall–Kier alpha value is -0.130. The Balaban J connectivity index is 2.48. The van der Waals surface area contributed by atoms with Gasteiger partial charge in [-0.2, -0.15) is 0 Å². The van der Waals surface area contributed by atoms with Gasteiger partial charge in [0.2, 0.25) is 0 Å². The van der Waals surface area contributed by atoms with Gasteiger partial charge in [0.15, 0.2) is 9.84 Å². The molecule has 1 aliphatic heterocycles. The molecular formula is C12H25NO3S. The third kappa shape index (κ3) is 4.56. The Labute approximate surface area is 105 Å². The molecule has 0 amide bonds. The molecule has 0 aromatic heterocycles. The van der Waals surface area contributed by atoms with Gasteiger partial charge in [0.1, 0.15) is 0 Å². The maximum Gasteiger partial charge on any atom is 0.153 e. The molecule has 0 aromatic carbocycles. The van der Waals surface area contributed by atoms with Crippen molar-refractivity contribution in [1.82, 2.24) is 4.90 Å². The van der Waals surface area contributed by atoms with Gasteiger partial charge in [0, 0.05) is 19.2 Å². The molecule has 17 heavy (non-hydrogen) atoms. The number of nitrogens with zero attached hydrogens (tertiary/aromatic N) is 1. The molecule has 0 aromatic rings. The average molecular weight is 263 g/mol. The number of hydrogen-bond donors (Lipinski definition) is 1. The second-order valence-corrected chi connectivity index (χ2v) is 7.79. The zero-order valence-electron chi connectivity index (χ0n) is 10.9. The summed E-state index contributed by atoms with van der Waals surface area (Å²) < 4.78 is 23.5. The smallest absolute Gasteiger partial charge is 0.153 e. The van der Waals surface area contributed by atoms with Crippen molar-refractivity contribution in [1.29, 1.82) is 0 Å². The topological polar surface area (TPSA) is 57.6 Å². The normalized spacial score (nSPS) is 23.2. The highest BCUT2D eigenvalue weighted by Gasteiger charge is 2.24. The van der Waals surface area contributed by atoms with E-state index in [0.717, 1.165) is 25.8 Å². The van der Waals surface area contributed by atoms with Gasteiger partial charge in [-0.05, 0) is 39.7 Å². The second kappa shape index (κ2) is 6.71. The van der Waals surface area contributed by atoms with Crippen molar-refractivity contribution < 1.29 is 13.5 Å². The molecule has 1 rings (SSSR count). The summed E-state index contributed by atoms with van der Waals surface area (Å²) in [6, 6.07) is 0.371. The second-order valence-electron chi connectivity index (χ2n) is 5.11. The number of aliphatic hydroxyl groups is 1. The van der Waals surface area contributed by atoms with Crippen LogP contribution in [0.15, 0.2) is 0 Å². The van der Waals surface area contributed by atoms with Crippen LogP contribution in [0.3, 0.4) is 0 Å². The average Bonchev–Trinajstić information content (AvgIpc) is 2.28. The van der Waals surface area contributed by atoms with Crippen LogP contribution >= 0.6 is 0 Å². The summed E-state index contributed by atoms with van der Waals surface area (Å²) in [4.78, 5) is 2.24. The van der Waals surface area contributed by atoms with Gasteiger partial charge >= 0.3 is 0 Å². The van der Waals surface area contributed by atoms with Crippen LogP contribution in [0.1, 0.15) is 39.5 Å². The van der Waals surface area contributed by atoms with Crippen molar-refractivity contribution in [3.8, 4) is 0 Å². The van der Waals surface area contributed by atoms with E-state index >= 15 is 0 Å². The van der Waals surface area contributed by atoms with Gasteiger partial charge < -0.3 is 5.11 Å². The number of sulfone groups is 1. The van der Waals surface area contributed by atoms with Crippen LogP contribution in [0.25, 0.3) is 0 Å². The summed E-state index contributed by atoms with van der Waals surface area (Å²) in [7, 11) is -2.94. The number of hydrogen-bond acceptors (Lipinski definition) is 4. The summed E-state index contributed by atoms with van der Waals surface area (Å²) in [5.74, 6) is 0.243. The van der Waals surface area contributed by atoms with E-state index in [1.165, 1.54) is 6.42 Å². The summed E-state index contributed by atoms with van der Waals surface area (Å²) in [6.45, 7) is 5.25. The van der Waals surface area contributed by atoms with Crippen molar-refractivity contribution >= 4 is 9.84 Å². The number of aliphatic hydroxyl groups excluding tert-OH is 1. The molecule has 1 aliphatic rings. The monoisotopic (exact) mass is 263 g/mol. The number of rotatable bonds is 6. The maximum atomic E-state index is 11.8. The van der Waals surface area contributed by atoms with Crippen LogP contribution in [0, 0.1) is 0 Å². The molecule has 1 N–H and O–H groups in total. The Morgan fingerprint density at radius 1 is 1.35 bits per heavy atom. The van der Waals surface area contributed by atoms with E-state index in [-0.39, 0.29) is 17.6 Å². The first kappa shape index (κ1) is 14.9. The van der Waals surface area contributed by atoms with Crippen LogP contribution in [0.5, 0.6) is 0 Å². The van der Waals surface area contributed by atoms with Gasteiger partial charge in [0.25, 0.3) is 0 Å². The Morgan fingerprint density at radius 3 is 2.65 bits per heavy atom. The Bertz CT molecular complexity index is 312. The molecule has 0 bridgehead atoms. The standard InChI is InChI=1S/C12H25NO3S/c1-11(2)17(15,16)10-8-13-7-4-3-5-12(13)6-9-14/h11-12,14H,3-10H2,1-2H3. The lowest BCUT2D eigenvalue weighted by molar-refractivity contribution is 0.126. The van der Waals surface area contributed by atoms with E-state index < -0.39 is 9.84 Å². The van der Waals surface area contributed by atoms with Crippen LogP contribution in [0.4, 0.5) is 0 Å². The molecule has 0 saturated carbocycles. The summed E-state index contributed by atoms with van der Waals surface area (Å²) in [6.07, 6.45) is 4.19. The van der Waals surface area contributed by atoms with E-state index in [1.54, 1.807) is 13.8 Å². The molecule has 102 valence electrons. The molecular weight excluding hydrogens is 238 g/mol. The highest BCUT2D eigenvalue weighted by molar-refractivity contribution is 7.92. The van der Waals surface area contributed by atoms with Crippen LogP contribution < -0.4 is 0 Å². The van der Waals surface area contributed by atoms with Gasteiger partial charge in [0.05, 0.1) is 11.0 Å². The first-order valence-electron chi connectivity index (χ1n) is 6.54. The summed E-state index contributed by atoms with van der Waals surface area (Å²) in [5.41, 5.74) is 0. The van der Waals surface area contributed by atoms with Crippen LogP contribution in [0.2, 0.25) is 0 Å². The van der Waals surface area contributed by atoms with Gasteiger partial charge in [-0.3, -0.25) is 4.90 Å². The van der Waals surface area contributed by atoms with Crippen molar-refractivity contribution in [2.75, 3.05) is 25.4 Å². The summed E-state index contributed by atoms with van der Waals surface area (Å²) >= 11 is 0. The lowest BCUT2D eigenvalue weighted by Gasteiger charge is -2.35. The van der Waals surface area contributed by atoms with E-state index in [1.807, 2.05) is 0 Å². The Morgan fingerprint density at radius 2 is 2.06 bits per heavy atom. The molecule has 1 fully saturated rings. The van der Waals surface area contributed by atoms with Crippen molar-refractivity contribution in [3.63, 3.8) is 0 Å². The predicted octanol–water partition coefficient (Wildman–Crippen LogP) is 1.05. The lowest BCUT2D eigenvalue weighted by atomic mass is 10.00. The van der Waals surface area contributed by atoms with Gasteiger partial charge in [-0.25, -0.2) is 8.42 Å². The van der Waals surface area contributed by atoms with E-state index in [4.69, 9.17) is 5.11 Å². The fraction of sp³-hybridized carbons (Fsp3) is 1.00. The van der Waals surface area contributed by atoms with Gasteiger partial charge in [-0.1, -0.05) is 6.42 Å². The lowest BCUT2D eigenvalue weighted by Crippen LogP contribution is -2.43. The molecule has 1 atom stereocenters. The van der Waals surface area contributed by atoms with E-state index in [2.05, 4.69) is 4.90 Å². The van der Waals surface area contributed by atoms with E-state index in [0.29, 0.717) is 12.6 Å². The van der Waals surface area contributed by atoms with Crippen LogP contribution in [-0.2, 0) is 9.84 Å². The highest BCUT2D eigenvalue weighted by Crippen LogP contribution is 2.19. The van der Waals surface area contributed by atoms with E-state index in [9.17, 15) is 8.42 Å². The molecule has 0 aliphatic carbocycles. The molecule has 1 heterocycles. The minimum Gasteiger partial charge on any atom is -0.396 e. The third-order valence-corrected chi connectivity index (χ3v) is 5.78. The first-order valence-corrected chi connectivity index (χ1v) is 8.25. The maximum absolute atomic E-state index is 11.8. The van der Waals surface area contributed by atoms with Crippen molar-refractivity contribution in [3.05, 3.63) is 0 Å². The molecule has 5 heteroatoms. The molecule has 0 radical (unpaired) electrons. The zero-order chi connectivity index (χ0) is 12.9. The Kier molecular flexibility index (Phi) is 5.89. The SMILES string of the molecule is CC(C)S(=O)(=O)CCN1CCCCC1CCO. The quantitative estimate of drug-likeness (QED) is 0.778. The number of piperidine rings is 1. The number of likely N-dealkylation sites (tertiary alicyclic amines) is 1. The van der Waals surface area contributed by atoms with Crippen molar-refractivity contribution in [2.45, 2.75) is 50.8 Å². The predicted molar refractivity (Wildman–Crippen MR) is 69.8 cm³/mol. The minimum absolute atomic E-state index is 0.193.